The van der Waals surface area contributed by atoms with Gasteiger partial charge in [0.2, 0.25) is 0 Å². The zero-order valence-corrected chi connectivity index (χ0v) is 12.1. The smallest absolute Gasteiger partial charge is 0.184 e. The van der Waals surface area contributed by atoms with E-state index in [1.807, 2.05) is 31.2 Å². The summed E-state index contributed by atoms with van der Waals surface area (Å²) in [7, 11) is 0. The van der Waals surface area contributed by atoms with Gasteiger partial charge in [-0.15, -0.1) is 5.10 Å². The molecule has 0 bridgehead atoms. The molecule has 5 heteroatoms. The lowest BCUT2D eigenvalue weighted by molar-refractivity contribution is 0.653. The first kappa shape index (κ1) is 13.3. The molecule has 2 aromatic carbocycles. The average Bonchev–Trinajstić information content (AvgIpc) is 2.89. The molecule has 1 heterocycles. The molecule has 0 radical (unpaired) electrons. The fourth-order valence-corrected chi connectivity index (χ4v) is 2.35. The number of rotatable bonds is 3. The number of nitrogens with zero attached hydrogens (tertiary/aromatic N) is 4. The van der Waals surface area contributed by atoms with Crippen LogP contribution in [0, 0.1) is 13.8 Å². The molecule has 0 aliphatic carbocycles. The number of hydrogen-bond donors (Lipinski definition) is 1. The van der Waals surface area contributed by atoms with Gasteiger partial charge in [0.05, 0.1) is 6.54 Å². The number of anilines is 1. The van der Waals surface area contributed by atoms with Crippen LogP contribution in [0.3, 0.4) is 0 Å². The van der Waals surface area contributed by atoms with Crippen molar-refractivity contribution < 1.29 is 0 Å². The molecule has 3 aromatic rings. The van der Waals surface area contributed by atoms with Crippen molar-refractivity contribution >= 4 is 5.69 Å². The summed E-state index contributed by atoms with van der Waals surface area (Å²) in [5.74, 6) is 0.692. The molecular formula is C16H17N5. The van der Waals surface area contributed by atoms with Gasteiger partial charge in [0.1, 0.15) is 0 Å². The van der Waals surface area contributed by atoms with Gasteiger partial charge < -0.3 is 5.73 Å². The molecule has 21 heavy (non-hydrogen) atoms. The van der Waals surface area contributed by atoms with E-state index in [4.69, 9.17) is 5.73 Å². The van der Waals surface area contributed by atoms with E-state index in [2.05, 4.69) is 40.6 Å². The predicted molar refractivity (Wildman–Crippen MR) is 82.7 cm³/mol. The first-order valence-corrected chi connectivity index (χ1v) is 6.82. The molecule has 0 spiro atoms. The Labute approximate surface area is 123 Å². The van der Waals surface area contributed by atoms with E-state index >= 15 is 0 Å². The van der Waals surface area contributed by atoms with Gasteiger partial charge in [0.25, 0.3) is 0 Å². The first-order chi connectivity index (χ1) is 10.1. The maximum atomic E-state index is 6.06. The number of hydrogen-bond acceptors (Lipinski definition) is 4. The lowest BCUT2D eigenvalue weighted by atomic mass is 10.1. The topological polar surface area (TPSA) is 69.6 Å². The van der Waals surface area contributed by atoms with Crippen LogP contribution in [0.5, 0.6) is 0 Å². The zero-order chi connectivity index (χ0) is 14.8. The fraction of sp³-hybridized carbons (Fsp3) is 0.188. The molecule has 0 unspecified atom stereocenters. The van der Waals surface area contributed by atoms with Crippen molar-refractivity contribution in [2.24, 2.45) is 0 Å². The van der Waals surface area contributed by atoms with Gasteiger partial charge in [-0.05, 0) is 42.0 Å². The second kappa shape index (κ2) is 5.36. The summed E-state index contributed by atoms with van der Waals surface area (Å²) >= 11 is 0. The van der Waals surface area contributed by atoms with Crippen molar-refractivity contribution in [3.63, 3.8) is 0 Å². The van der Waals surface area contributed by atoms with Crippen molar-refractivity contribution in [1.29, 1.82) is 0 Å². The highest BCUT2D eigenvalue weighted by molar-refractivity contribution is 5.72. The highest BCUT2D eigenvalue weighted by Gasteiger charge is 2.12. The van der Waals surface area contributed by atoms with Crippen LogP contribution < -0.4 is 5.73 Å². The van der Waals surface area contributed by atoms with Gasteiger partial charge in [-0.25, -0.2) is 4.68 Å². The lowest BCUT2D eigenvalue weighted by Gasteiger charge is -2.08. The maximum Gasteiger partial charge on any atom is 0.184 e. The largest absolute Gasteiger partial charge is 0.398 e. The van der Waals surface area contributed by atoms with Crippen LogP contribution in [-0.2, 0) is 6.54 Å². The molecule has 5 nitrogen and oxygen atoms in total. The van der Waals surface area contributed by atoms with Crippen LogP contribution in [0.25, 0.3) is 11.4 Å². The van der Waals surface area contributed by atoms with Crippen molar-refractivity contribution in [2.75, 3.05) is 5.73 Å². The first-order valence-electron chi connectivity index (χ1n) is 6.82. The monoisotopic (exact) mass is 279 g/mol. The van der Waals surface area contributed by atoms with Gasteiger partial charge in [-0.1, -0.05) is 41.5 Å². The molecule has 0 amide bonds. The molecule has 0 aliphatic rings. The summed E-state index contributed by atoms with van der Waals surface area (Å²) in [6.45, 7) is 4.72. The third-order valence-electron chi connectivity index (χ3n) is 3.40. The summed E-state index contributed by atoms with van der Waals surface area (Å²) in [6, 6.07) is 14.2. The van der Waals surface area contributed by atoms with Crippen molar-refractivity contribution in [3.8, 4) is 11.4 Å². The highest BCUT2D eigenvalue weighted by Crippen LogP contribution is 2.25. The van der Waals surface area contributed by atoms with Crippen LogP contribution in [0.15, 0.2) is 42.5 Å². The van der Waals surface area contributed by atoms with E-state index in [1.54, 1.807) is 4.68 Å². The minimum atomic E-state index is 0.622. The Morgan fingerprint density at radius 1 is 1.05 bits per heavy atom. The Hall–Kier alpha value is -2.69. The van der Waals surface area contributed by atoms with E-state index in [0.717, 1.165) is 16.7 Å². The van der Waals surface area contributed by atoms with Crippen LogP contribution in [-0.4, -0.2) is 20.2 Å². The van der Waals surface area contributed by atoms with Crippen molar-refractivity contribution in [1.82, 2.24) is 20.2 Å². The highest BCUT2D eigenvalue weighted by atomic mass is 15.5. The van der Waals surface area contributed by atoms with E-state index in [1.165, 1.54) is 5.56 Å². The summed E-state index contributed by atoms with van der Waals surface area (Å²) in [4.78, 5) is 0. The number of nitrogens with two attached hydrogens (primary N) is 1. The number of benzene rings is 2. The normalized spacial score (nSPS) is 10.8. The molecule has 3 rings (SSSR count). The van der Waals surface area contributed by atoms with Gasteiger partial charge in [-0.2, -0.15) is 0 Å². The molecule has 0 saturated heterocycles. The Morgan fingerprint density at radius 2 is 1.86 bits per heavy atom. The Bertz CT molecular complexity index is 776. The summed E-state index contributed by atoms with van der Waals surface area (Å²) in [6.07, 6.45) is 0. The summed E-state index contributed by atoms with van der Waals surface area (Å²) in [5.41, 5.74) is 11.1. The van der Waals surface area contributed by atoms with E-state index < -0.39 is 0 Å². The van der Waals surface area contributed by atoms with E-state index in [-0.39, 0.29) is 0 Å². The number of nitrogen functional groups attached to an aromatic ring is 1. The van der Waals surface area contributed by atoms with Gasteiger partial charge in [-0.3, -0.25) is 0 Å². The predicted octanol–water partition coefficient (Wildman–Crippen LogP) is 2.59. The minimum absolute atomic E-state index is 0.622. The van der Waals surface area contributed by atoms with Crippen molar-refractivity contribution in [2.45, 2.75) is 20.4 Å². The molecule has 0 saturated carbocycles. The average molecular weight is 279 g/mol. The third kappa shape index (κ3) is 2.76. The Kier molecular flexibility index (Phi) is 3.39. The van der Waals surface area contributed by atoms with Crippen LogP contribution in [0.2, 0.25) is 0 Å². The van der Waals surface area contributed by atoms with Gasteiger partial charge in [0.15, 0.2) is 5.82 Å². The number of aromatic nitrogens is 4. The molecule has 2 N–H and O–H groups in total. The van der Waals surface area contributed by atoms with E-state index in [9.17, 15) is 0 Å². The minimum Gasteiger partial charge on any atom is -0.398 e. The zero-order valence-electron chi connectivity index (χ0n) is 12.1. The third-order valence-corrected chi connectivity index (χ3v) is 3.40. The Balaban J connectivity index is 1.99. The number of aryl methyl sites for hydroxylation is 2. The molecule has 0 fully saturated rings. The van der Waals surface area contributed by atoms with Crippen molar-refractivity contribution in [3.05, 3.63) is 59.2 Å². The van der Waals surface area contributed by atoms with Crippen LogP contribution >= 0.6 is 0 Å². The van der Waals surface area contributed by atoms with Gasteiger partial charge in [0, 0.05) is 11.3 Å². The number of tetrazole rings is 1. The molecule has 1 aromatic heterocycles. The molecule has 106 valence electrons. The molecule has 0 atom stereocenters. The van der Waals surface area contributed by atoms with Gasteiger partial charge >= 0.3 is 0 Å². The maximum absolute atomic E-state index is 6.06. The second-order valence-corrected chi connectivity index (χ2v) is 5.24. The van der Waals surface area contributed by atoms with E-state index in [0.29, 0.717) is 18.1 Å². The SMILES string of the molecule is Cc1cccc(Cn2nnnc2-c2cc(C)ccc2N)c1. The lowest BCUT2D eigenvalue weighted by Crippen LogP contribution is -2.06. The van der Waals surface area contributed by atoms with Crippen LogP contribution in [0.1, 0.15) is 16.7 Å². The molecule has 0 aliphatic heterocycles. The quantitative estimate of drug-likeness (QED) is 0.748. The summed E-state index contributed by atoms with van der Waals surface area (Å²) in [5, 5.41) is 12.0. The second-order valence-electron chi connectivity index (χ2n) is 5.24. The fourth-order valence-electron chi connectivity index (χ4n) is 2.35. The molecular weight excluding hydrogens is 262 g/mol. The summed E-state index contributed by atoms with van der Waals surface area (Å²) < 4.78 is 1.78. The standard InChI is InChI=1S/C16H17N5/c1-11-4-3-5-13(8-11)10-21-16(18-19-20-21)14-9-12(2)6-7-15(14)17/h3-9H,10,17H2,1-2H3. The Morgan fingerprint density at radius 3 is 2.67 bits per heavy atom. The van der Waals surface area contributed by atoms with Crippen LogP contribution in [0.4, 0.5) is 5.69 Å².